The standard InChI is InChI=1S/C24H39N3O.C21H30N4O2/c1-2-11-24(12-3-1,21-27-18-13-25-14-19-27)22-7-9-23(10-8-22)28-20-6-17-26-15-4-5-16-26;1-2-11-24(10-1)12-3-13-27-20-6-4-19(5-7-20)21(8-14-26-15-9-21)16-25-17-22-23-18-25/h7-10,25H,1-6,11-21H2;4-7,17-18H,1-3,8-16H2. The normalized spacial score (nSPS) is 21.9. The van der Waals surface area contributed by atoms with Crippen molar-refractivity contribution >= 4 is 0 Å². The van der Waals surface area contributed by atoms with Gasteiger partial charge in [-0.1, -0.05) is 43.5 Å². The lowest BCUT2D eigenvalue weighted by atomic mass is 9.69. The zero-order valence-corrected chi connectivity index (χ0v) is 33.7. The number of hydrogen-bond donors (Lipinski definition) is 1. The molecule has 5 aliphatic rings. The first-order chi connectivity index (χ1) is 27.2. The fourth-order valence-corrected chi connectivity index (χ4v) is 9.80. The van der Waals surface area contributed by atoms with Crippen LogP contribution in [0.25, 0.3) is 0 Å². The molecule has 4 saturated heterocycles. The maximum atomic E-state index is 6.05. The van der Waals surface area contributed by atoms with Crippen molar-refractivity contribution < 1.29 is 14.2 Å². The Balaban J connectivity index is 0.000000169. The van der Waals surface area contributed by atoms with Gasteiger partial charge in [-0.05, 0) is 126 Å². The highest BCUT2D eigenvalue weighted by Crippen LogP contribution is 2.41. The number of likely N-dealkylation sites (tertiary alicyclic amines) is 2. The van der Waals surface area contributed by atoms with Crippen LogP contribution in [0.2, 0.25) is 0 Å². The van der Waals surface area contributed by atoms with Crippen LogP contribution in [-0.4, -0.2) is 128 Å². The highest BCUT2D eigenvalue weighted by molar-refractivity contribution is 5.34. The smallest absolute Gasteiger partial charge is 0.119 e. The van der Waals surface area contributed by atoms with E-state index in [4.69, 9.17) is 14.2 Å². The topological polar surface area (TPSA) is 80.2 Å². The summed E-state index contributed by atoms with van der Waals surface area (Å²) in [6, 6.07) is 17.9. The Labute approximate surface area is 331 Å². The van der Waals surface area contributed by atoms with E-state index in [2.05, 4.69) is 83.3 Å². The molecular weight excluding hydrogens is 687 g/mol. The van der Waals surface area contributed by atoms with Crippen molar-refractivity contribution in [2.45, 2.75) is 101 Å². The molecule has 8 rings (SSSR count). The predicted molar refractivity (Wildman–Crippen MR) is 220 cm³/mol. The van der Waals surface area contributed by atoms with Crippen molar-refractivity contribution in [1.29, 1.82) is 0 Å². The highest BCUT2D eigenvalue weighted by Gasteiger charge is 2.36. The zero-order chi connectivity index (χ0) is 37.4. The lowest BCUT2D eigenvalue weighted by Gasteiger charge is -2.43. The fourth-order valence-electron chi connectivity index (χ4n) is 9.80. The molecule has 0 bridgehead atoms. The molecule has 0 spiro atoms. The van der Waals surface area contributed by atoms with Gasteiger partial charge in [0.1, 0.15) is 24.2 Å². The molecule has 1 saturated carbocycles. The summed E-state index contributed by atoms with van der Waals surface area (Å²) >= 11 is 0. The number of ether oxygens (including phenoxy) is 3. The minimum atomic E-state index is 0.0783. The third kappa shape index (κ3) is 11.8. The summed E-state index contributed by atoms with van der Waals surface area (Å²) in [7, 11) is 0. The van der Waals surface area contributed by atoms with E-state index in [0.717, 1.165) is 89.8 Å². The van der Waals surface area contributed by atoms with Crippen LogP contribution in [0.1, 0.15) is 94.6 Å². The van der Waals surface area contributed by atoms with E-state index in [1.54, 1.807) is 12.7 Å². The van der Waals surface area contributed by atoms with E-state index < -0.39 is 0 Å². The molecule has 1 aliphatic carbocycles. The van der Waals surface area contributed by atoms with Gasteiger partial charge in [0.2, 0.25) is 0 Å². The van der Waals surface area contributed by atoms with Crippen molar-refractivity contribution in [2.75, 3.05) is 98.4 Å². The molecule has 5 fully saturated rings. The second kappa shape index (κ2) is 20.9. The lowest BCUT2D eigenvalue weighted by molar-refractivity contribution is 0.0434. The SMILES string of the molecule is c1cc(C2(CN3CCNCC3)CCCCC2)ccc1OCCCN1CCCC1.c1cc(C2(Cn3cnnc3)CCOCC2)ccc1OCCCN1CCCC1. The van der Waals surface area contributed by atoms with E-state index in [9.17, 15) is 0 Å². The molecule has 5 heterocycles. The summed E-state index contributed by atoms with van der Waals surface area (Å²) < 4.78 is 19.7. The Morgan fingerprint density at radius 1 is 0.545 bits per heavy atom. The average molecular weight is 756 g/mol. The second-order valence-electron chi connectivity index (χ2n) is 16.9. The molecule has 0 atom stereocenters. The fraction of sp³-hybridized carbons (Fsp3) is 0.689. The Hall–Kier alpha value is -3.02. The predicted octanol–water partition coefficient (Wildman–Crippen LogP) is 6.55. The second-order valence-corrected chi connectivity index (χ2v) is 16.9. The summed E-state index contributed by atoms with van der Waals surface area (Å²) in [6.07, 6.45) is 20.1. The molecule has 302 valence electrons. The number of benzene rings is 2. The van der Waals surface area contributed by atoms with Gasteiger partial charge < -0.3 is 33.9 Å². The molecule has 1 aromatic heterocycles. The minimum Gasteiger partial charge on any atom is -0.494 e. The molecule has 10 heteroatoms. The summed E-state index contributed by atoms with van der Waals surface area (Å²) in [5.74, 6) is 2.00. The summed E-state index contributed by atoms with van der Waals surface area (Å²) in [4.78, 5) is 7.78. The number of rotatable bonds is 16. The summed E-state index contributed by atoms with van der Waals surface area (Å²) in [5, 5.41) is 11.4. The number of aromatic nitrogens is 3. The first-order valence-electron chi connectivity index (χ1n) is 21.9. The van der Waals surface area contributed by atoms with Crippen molar-refractivity contribution in [3.63, 3.8) is 0 Å². The van der Waals surface area contributed by atoms with Gasteiger partial charge in [-0.2, -0.15) is 0 Å². The van der Waals surface area contributed by atoms with Crippen LogP contribution < -0.4 is 14.8 Å². The van der Waals surface area contributed by atoms with E-state index in [-0.39, 0.29) is 5.41 Å². The Kier molecular flexibility index (Phi) is 15.3. The van der Waals surface area contributed by atoms with E-state index >= 15 is 0 Å². The van der Waals surface area contributed by atoms with Crippen LogP contribution >= 0.6 is 0 Å². The quantitative estimate of drug-likeness (QED) is 0.164. The number of nitrogens with one attached hydrogen (secondary N) is 1. The Bertz CT molecular complexity index is 1470. The van der Waals surface area contributed by atoms with Crippen LogP contribution in [0.4, 0.5) is 0 Å². The molecule has 0 radical (unpaired) electrons. The first kappa shape index (κ1) is 40.2. The van der Waals surface area contributed by atoms with Crippen LogP contribution in [0.5, 0.6) is 11.5 Å². The minimum absolute atomic E-state index is 0.0783. The van der Waals surface area contributed by atoms with Crippen molar-refractivity contribution in [1.82, 2.24) is 34.8 Å². The molecule has 55 heavy (non-hydrogen) atoms. The maximum absolute atomic E-state index is 6.05. The summed E-state index contributed by atoms with van der Waals surface area (Å²) in [6.45, 7) is 17.4. The van der Waals surface area contributed by atoms with Crippen LogP contribution in [0, 0.1) is 0 Å². The monoisotopic (exact) mass is 756 g/mol. The third-order valence-corrected chi connectivity index (χ3v) is 13.1. The van der Waals surface area contributed by atoms with Gasteiger partial charge >= 0.3 is 0 Å². The zero-order valence-electron chi connectivity index (χ0n) is 33.7. The van der Waals surface area contributed by atoms with E-state index in [1.807, 2.05) is 0 Å². The van der Waals surface area contributed by atoms with Gasteiger partial charge in [-0.15, -0.1) is 10.2 Å². The molecule has 10 nitrogen and oxygen atoms in total. The van der Waals surface area contributed by atoms with Gasteiger partial charge in [0.05, 0.1) is 13.2 Å². The van der Waals surface area contributed by atoms with Crippen molar-refractivity contribution in [3.8, 4) is 11.5 Å². The van der Waals surface area contributed by atoms with Crippen LogP contribution in [0.3, 0.4) is 0 Å². The van der Waals surface area contributed by atoms with Crippen molar-refractivity contribution in [3.05, 3.63) is 72.3 Å². The van der Waals surface area contributed by atoms with Gasteiger partial charge in [-0.3, -0.25) is 4.90 Å². The summed E-state index contributed by atoms with van der Waals surface area (Å²) in [5.41, 5.74) is 3.32. The maximum Gasteiger partial charge on any atom is 0.119 e. The molecule has 3 aromatic rings. The van der Waals surface area contributed by atoms with Crippen LogP contribution in [-0.2, 0) is 22.1 Å². The molecular formula is C45H69N7O3. The first-order valence-corrected chi connectivity index (χ1v) is 21.9. The van der Waals surface area contributed by atoms with Gasteiger partial charge in [0.15, 0.2) is 0 Å². The lowest BCUT2D eigenvalue weighted by Crippen LogP contribution is -2.50. The number of hydrogen-bond acceptors (Lipinski definition) is 9. The largest absolute Gasteiger partial charge is 0.494 e. The molecule has 0 unspecified atom stereocenters. The molecule has 2 aromatic carbocycles. The van der Waals surface area contributed by atoms with E-state index in [1.165, 1.54) is 121 Å². The van der Waals surface area contributed by atoms with Gasteiger partial charge in [-0.25, -0.2) is 0 Å². The van der Waals surface area contributed by atoms with Crippen molar-refractivity contribution in [2.24, 2.45) is 0 Å². The third-order valence-electron chi connectivity index (χ3n) is 13.1. The number of piperazine rings is 1. The Morgan fingerprint density at radius 2 is 1.04 bits per heavy atom. The average Bonchev–Trinajstić information content (AvgIpc) is 4.06. The van der Waals surface area contributed by atoms with Gasteiger partial charge in [0, 0.05) is 76.4 Å². The molecule has 0 amide bonds. The van der Waals surface area contributed by atoms with Gasteiger partial charge in [0.25, 0.3) is 0 Å². The highest BCUT2D eigenvalue weighted by atomic mass is 16.5. The van der Waals surface area contributed by atoms with E-state index in [0.29, 0.717) is 5.41 Å². The molecule has 1 N–H and O–H groups in total. The molecule has 4 aliphatic heterocycles. The Morgan fingerprint density at radius 3 is 1.55 bits per heavy atom. The number of nitrogens with zero attached hydrogens (tertiary/aromatic N) is 6. The van der Waals surface area contributed by atoms with Crippen LogP contribution in [0.15, 0.2) is 61.2 Å².